The van der Waals surface area contributed by atoms with Gasteiger partial charge in [0.15, 0.2) is 21.7 Å². The van der Waals surface area contributed by atoms with Gasteiger partial charge in [0.25, 0.3) is 0 Å². The van der Waals surface area contributed by atoms with E-state index in [1.807, 2.05) is 4.98 Å². The summed E-state index contributed by atoms with van der Waals surface area (Å²) in [5.74, 6) is -9.57. The maximum absolute atomic E-state index is 12.8. The minimum atomic E-state index is -6.35. The molecule has 1 heterocycles. The number of hydrogen-bond donors (Lipinski definition) is 0. The molecule has 0 bridgehead atoms. The van der Waals surface area contributed by atoms with Gasteiger partial charge in [0.2, 0.25) is 11.9 Å². The van der Waals surface area contributed by atoms with Gasteiger partial charge < -0.3 is 4.72 Å². The van der Waals surface area contributed by atoms with Crippen molar-refractivity contribution in [3.63, 3.8) is 0 Å². The molecule has 0 amide bonds. The van der Waals surface area contributed by atoms with E-state index in [0.717, 1.165) is 0 Å². The molecule has 0 aliphatic rings. The standard InChI is InChI=1S/C6F7N2O2S.Na/c7-1-3(2(8)5(10)14-4(1)9)15-18(16,17)6(11,12)13;/q-1;+1. The number of nitrogens with zero attached hydrogens (tertiary/aromatic N) is 2. The first-order valence-electron chi connectivity index (χ1n) is 3.71. The van der Waals surface area contributed by atoms with E-state index in [9.17, 15) is 39.2 Å². The zero-order valence-corrected chi connectivity index (χ0v) is 11.6. The molecule has 13 heteroatoms. The van der Waals surface area contributed by atoms with Gasteiger partial charge in [-0.3, -0.25) is 0 Å². The Kier molecular flexibility index (Phi) is 5.63. The second kappa shape index (κ2) is 5.81. The van der Waals surface area contributed by atoms with Gasteiger partial charge in [0.05, 0.1) is 0 Å². The fourth-order valence-electron chi connectivity index (χ4n) is 0.728. The molecule has 102 valence electrons. The Morgan fingerprint density at radius 1 is 0.947 bits per heavy atom. The minimum Gasteiger partial charge on any atom is -0.564 e. The van der Waals surface area contributed by atoms with Crippen LogP contribution < -0.4 is 29.6 Å². The third-order valence-corrected chi connectivity index (χ3v) is 2.49. The first kappa shape index (κ1) is 18.4. The molecular formula is C6F7N2NaO2S. The van der Waals surface area contributed by atoms with E-state index in [1.165, 1.54) is 0 Å². The number of alkyl halides is 3. The molecule has 0 fully saturated rings. The Morgan fingerprint density at radius 2 is 1.32 bits per heavy atom. The number of pyridine rings is 1. The third kappa shape index (κ3) is 3.70. The summed E-state index contributed by atoms with van der Waals surface area (Å²) in [5, 5.41) is 0. The van der Waals surface area contributed by atoms with Crippen LogP contribution in [0.25, 0.3) is 4.72 Å². The Hall–Kier alpha value is -0.590. The van der Waals surface area contributed by atoms with Crippen LogP contribution in [0.2, 0.25) is 0 Å². The number of halogens is 7. The summed E-state index contributed by atoms with van der Waals surface area (Å²) >= 11 is 0. The molecule has 0 spiro atoms. The summed E-state index contributed by atoms with van der Waals surface area (Å²) in [7, 11) is -6.35. The number of sulfonamides is 1. The van der Waals surface area contributed by atoms with Gasteiger partial charge in [-0.05, 0) is 5.69 Å². The van der Waals surface area contributed by atoms with Crippen molar-refractivity contribution in [2.45, 2.75) is 5.51 Å². The summed E-state index contributed by atoms with van der Waals surface area (Å²) in [4.78, 5) is 2.01. The molecule has 1 rings (SSSR count). The molecule has 0 aliphatic carbocycles. The van der Waals surface area contributed by atoms with E-state index in [4.69, 9.17) is 0 Å². The minimum absolute atomic E-state index is 0. The van der Waals surface area contributed by atoms with E-state index in [2.05, 4.69) is 0 Å². The van der Waals surface area contributed by atoms with Crippen molar-refractivity contribution in [1.82, 2.24) is 4.98 Å². The van der Waals surface area contributed by atoms with Crippen molar-refractivity contribution in [3.05, 3.63) is 28.3 Å². The normalized spacial score (nSPS) is 11.9. The Labute approximate surface area is 123 Å². The van der Waals surface area contributed by atoms with E-state index in [0.29, 0.717) is 0 Å². The zero-order chi connectivity index (χ0) is 14.3. The van der Waals surface area contributed by atoms with Crippen molar-refractivity contribution < 1.29 is 68.7 Å². The second-order valence-electron chi connectivity index (χ2n) is 2.68. The monoisotopic (exact) mass is 320 g/mol. The fraction of sp³-hybridized carbons (Fsp3) is 0.167. The van der Waals surface area contributed by atoms with Gasteiger partial charge in [-0.1, -0.05) is 0 Å². The molecule has 0 atom stereocenters. The van der Waals surface area contributed by atoms with Gasteiger partial charge in [-0.25, -0.2) is 17.2 Å². The van der Waals surface area contributed by atoms with Crippen LogP contribution in [-0.2, 0) is 10.0 Å². The average Bonchev–Trinajstić information content (AvgIpc) is 2.20. The molecule has 1 aromatic rings. The van der Waals surface area contributed by atoms with Crippen LogP contribution in [0.3, 0.4) is 0 Å². The average molecular weight is 320 g/mol. The van der Waals surface area contributed by atoms with Gasteiger partial charge in [0.1, 0.15) is 0 Å². The maximum atomic E-state index is 12.8. The topological polar surface area (TPSA) is 61.1 Å². The van der Waals surface area contributed by atoms with Crippen LogP contribution in [0, 0.1) is 23.5 Å². The van der Waals surface area contributed by atoms with Crippen molar-refractivity contribution >= 4 is 15.7 Å². The summed E-state index contributed by atoms with van der Waals surface area (Å²) in [6, 6.07) is 0. The predicted molar refractivity (Wildman–Crippen MR) is 42.1 cm³/mol. The second-order valence-corrected chi connectivity index (χ2v) is 4.28. The van der Waals surface area contributed by atoms with Crippen LogP contribution in [-0.4, -0.2) is 18.9 Å². The first-order valence-corrected chi connectivity index (χ1v) is 5.15. The van der Waals surface area contributed by atoms with E-state index >= 15 is 0 Å². The summed E-state index contributed by atoms with van der Waals surface area (Å²) in [6.45, 7) is 0. The fourth-order valence-corrected chi connectivity index (χ4v) is 1.23. The largest absolute Gasteiger partial charge is 1.00 e. The molecule has 0 aromatic carbocycles. The number of aromatic nitrogens is 1. The zero-order valence-electron chi connectivity index (χ0n) is 8.76. The molecule has 0 N–H and O–H groups in total. The number of hydrogen-bond acceptors (Lipinski definition) is 3. The molecule has 0 saturated carbocycles. The van der Waals surface area contributed by atoms with Gasteiger partial charge >= 0.3 is 35.1 Å². The third-order valence-electron chi connectivity index (χ3n) is 1.48. The number of rotatable bonds is 2. The molecule has 0 saturated heterocycles. The van der Waals surface area contributed by atoms with E-state index in [1.54, 1.807) is 4.72 Å². The molecule has 1 aromatic heterocycles. The molecule has 4 nitrogen and oxygen atoms in total. The molecule has 19 heavy (non-hydrogen) atoms. The SMILES string of the molecule is O=S(=O)([N-]c1c(F)c(F)nc(F)c1F)C(F)(F)F.[Na+]. The van der Waals surface area contributed by atoms with Crippen LogP contribution in [0.15, 0.2) is 0 Å². The van der Waals surface area contributed by atoms with Crippen molar-refractivity contribution in [2.24, 2.45) is 0 Å². The molecule has 0 unspecified atom stereocenters. The summed E-state index contributed by atoms with van der Waals surface area (Å²) in [6.07, 6.45) is 0. The van der Waals surface area contributed by atoms with Gasteiger partial charge in [-0.15, -0.1) is 0 Å². The Morgan fingerprint density at radius 3 is 1.63 bits per heavy atom. The van der Waals surface area contributed by atoms with Gasteiger partial charge in [-0.2, -0.15) is 26.9 Å². The van der Waals surface area contributed by atoms with Gasteiger partial charge in [0, 0.05) is 0 Å². The Balaban J connectivity index is 0.00000324. The van der Waals surface area contributed by atoms with Crippen LogP contribution in [0.5, 0.6) is 0 Å². The maximum Gasteiger partial charge on any atom is 1.00 e. The van der Waals surface area contributed by atoms with Crippen LogP contribution in [0.4, 0.5) is 36.4 Å². The smallest absolute Gasteiger partial charge is 0.564 e. The summed E-state index contributed by atoms with van der Waals surface area (Å²) in [5.41, 5.74) is -8.24. The first-order chi connectivity index (χ1) is 7.97. The Bertz CT molecular complexity index is 562. The predicted octanol–water partition coefficient (Wildman–Crippen LogP) is -0.503. The molecular weight excluding hydrogens is 320 g/mol. The van der Waals surface area contributed by atoms with E-state index < -0.39 is 44.7 Å². The van der Waals surface area contributed by atoms with Crippen molar-refractivity contribution in [2.75, 3.05) is 0 Å². The van der Waals surface area contributed by atoms with Crippen LogP contribution in [0.1, 0.15) is 0 Å². The summed E-state index contributed by atoms with van der Waals surface area (Å²) < 4.78 is 109. The van der Waals surface area contributed by atoms with Crippen molar-refractivity contribution in [3.8, 4) is 0 Å². The van der Waals surface area contributed by atoms with E-state index in [-0.39, 0.29) is 29.6 Å². The van der Waals surface area contributed by atoms with Crippen molar-refractivity contribution in [1.29, 1.82) is 0 Å². The molecule has 0 radical (unpaired) electrons. The van der Waals surface area contributed by atoms with Crippen LogP contribution >= 0.6 is 0 Å². The molecule has 0 aliphatic heterocycles. The quantitative estimate of drug-likeness (QED) is 0.419.